The van der Waals surface area contributed by atoms with E-state index >= 15 is 0 Å². The van der Waals surface area contributed by atoms with Crippen molar-refractivity contribution in [3.8, 4) is 16.9 Å². The number of thioether (sulfide) groups is 1. The molecule has 0 aliphatic heterocycles. The highest BCUT2D eigenvalue weighted by Crippen LogP contribution is 2.21. The number of ether oxygens (including phenoxy) is 1. The number of para-hydroxylation sites is 1. The molecule has 0 radical (unpaired) electrons. The van der Waals surface area contributed by atoms with Crippen LogP contribution in [0.1, 0.15) is 21.7 Å². The Kier molecular flexibility index (Phi) is 6.25. The molecule has 3 aromatic carbocycles. The molecule has 0 bridgehead atoms. The summed E-state index contributed by atoms with van der Waals surface area (Å²) in [5.41, 5.74) is 3.97. The minimum atomic E-state index is 0.0436. The summed E-state index contributed by atoms with van der Waals surface area (Å²) in [5.74, 6) is 1.76. The second kappa shape index (κ2) is 9.41. The van der Waals surface area contributed by atoms with Gasteiger partial charge in [-0.25, -0.2) is 4.98 Å². The highest BCUT2D eigenvalue weighted by molar-refractivity contribution is 7.99. The monoisotopic (exact) mass is 415 g/mol. The number of hydrogen-bond donors (Lipinski definition) is 1. The van der Waals surface area contributed by atoms with Crippen molar-refractivity contribution in [3.63, 3.8) is 0 Å². The molecular weight excluding hydrogens is 394 g/mol. The normalized spacial score (nSPS) is 10.7. The van der Waals surface area contributed by atoms with Crippen LogP contribution in [0.5, 0.6) is 5.75 Å². The lowest BCUT2D eigenvalue weighted by atomic mass is 10.0. The number of rotatable bonds is 8. The van der Waals surface area contributed by atoms with Gasteiger partial charge in [-0.1, -0.05) is 84.6 Å². The van der Waals surface area contributed by atoms with Crippen molar-refractivity contribution >= 4 is 17.5 Å². The molecule has 0 saturated carbocycles. The molecule has 0 fully saturated rings. The number of carbonyl (C=O) groups excluding carboxylic acids is 1. The molecule has 0 aliphatic carbocycles. The fraction of sp³-hybridized carbons (Fsp3) is 0.125. The zero-order valence-electron chi connectivity index (χ0n) is 16.5. The van der Waals surface area contributed by atoms with Gasteiger partial charge in [0, 0.05) is 5.56 Å². The van der Waals surface area contributed by atoms with Gasteiger partial charge in [-0.3, -0.25) is 9.89 Å². The number of nitrogens with one attached hydrogen (secondary N) is 1. The number of aryl methyl sites for hydroxylation is 1. The molecular formula is C24H21N3O2S. The van der Waals surface area contributed by atoms with E-state index in [1.165, 1.54) is 11.8 Å². The predicted molar refractivity (Wildman–Crippen MR) is 119 cm³/mol. The third kappa shape index (κ3) is 4.96. The average Bonchev–Trinajstić information content (AvgIpc) is 3.25. The van der Waals surface area contributed by atoms with Crippen LogP contribution in [0, 0.1) is 6.92 Å². The minimum absolute atomic E-state index is 0.0436. The Balaban J connectivity index is 1.30. The SMILES string of the molecule is Cc1ccccc1OCc1nc(SCC(=O)c2ccc(-c3ccccc3)cc2)n[nH]1. The van der Waals surface area contributed by atoms with Crippen LogP contribution in [0.4, 0.5) is 0 Å². The molecule has 1 heterocycles. The van der Waals surface area contributed by atoms with Crippen LogP contribution in [0.25, 0.3) is 11.1 Å². The molecule has 4 aromatic rings. The number of Topliss-reactive ketones (excluding diaryl/α,β-unsaturated/α-hetero) is 1. The first kappa shape index (κ1) is 19.9. The smallest absolute Gasteiger partial charge is 0.208 e. The maximum absolute atomic E-state index is 12.5. The van der Waals surface area contributed by atoms with Gasteiger partial charge in [0.05, 0.1) is 5.75 Å². The summed E-state index contributed by atoms with van der Waals surface area (Å²) in [5, 5.41) is 7.57. The number of benzene rings is 3. The van der Waals surface area contributed by atoms with Gasteiger partial charge in [-0.15, -0.1) is 5.10 Å². The van der Waals surface area contributed by atoms with E-state index in [9.17, 15) is 4.79 Å². The standard InChI is InChI=1S/C24H21N3O2S/c1-17-7-5-6-10-22(17)29-15-23-25-24(27-26-23)30-16-21(28)20-13-11-19(12-14-20)18-8-3-2-4-9-18/h2-14H,15-16H2,1H3,(H,25,26,27). The molecule has 1 aromatic heterocycles. The topological polar surface area (TPSA) is 67.9 Å². The van der Waals surface area contributed by atoms with Gasteiger partial charge in [0.15, 0.2) is 11.6 Å². The van der Waals surface area contributed by atoms with Gasteiger partial charge in [0.2, 0.25) is 5.16 Å². The van der Waals surface area contributed by atoms with Crippen molar-refractivity contribution in [2.45, 2.75) is 18.7 Å². The Labute approximate surface area is 179 Å². The molecule has 0 unspecified atom stereocenters. The van der Waals surface area contributed by atoms with Crippen molar-refractivity contribution in [2.75, 3.05) is 5.75 Å². The van der Waals surface area contributed by atoms with Crippen molar-refractivity contribution in [2.24, 2.45) is 0 Å². The first-order valence-electron chi connectivity index (χ1n) is 9.60. The number of H-pyrrole nitrogens is 1. The Hall–Kier alpha value is -3.38. The van der Waals surface area contributed by atoms with E-state index in [4.69, 9.17) is 4.74 Å². The number of aromatic amines is 1. The van der Waals surface area contributed by atoms with E-state index in [0.717, 1.165) is 22.4 Å². The van der Waals surface area contributed by atoms with Gasteiger partial charge in [-0.2, -0.15) is 0 Å². The second-order valence-electron chi connectivity index (χ2n) is 6.77. The number of hydrogen-bond acceptors (Lipinski definition) is 5. The van der Waals surface area contributed by atoms with Gasteiger partial charge in [-0.05, 0) is 29.7 Å². The average molecular weight is 416 g/mol. The molecule has 1 N–H and O–H groups in total. The van der Waals surface area contributed by atoms with Gasteiger partial charge in [0.1, 0.15) is 12.4 Å². The predicted octanol–water partition coefficient (Wildman–Crippen LogP) is 5.33. The molecule has 5 nitrogen and oxygen atoms in total. The maximum Gasteiger partial charge on any atom is 0.208 e. The molecule has 0 spiro atoms. The Morgan fingerprint density at radius 1 is 0.933 bits per heavy atom. The first-order chi connectivity index (χ1) is 14.7. The Bertz CT molecular complexity index is 1120. The van der Waals surface area contributed by atoms with Gasteiger partial charge in [0.25, 0.3) is 0 Å². The number of ketones is 1. The highest BCUT2D eigenvalue weighted by Gasteiger charge is 2.11. The molecule has 150 valence electrons. The van der Waals surface area contributed by atoms with Gasteiger partial charge >= 0.3 is 0 Å². The number of carbonyl (C=O) groups is 1. The molecule has 4 rings (SSSR count). The van der Waals surface area contributed by atoms with Crippen LogP contribution in [0.3, 0.4) is 0 Å². The third-order valence-corrected chi connectivity index (χ3v) is 5.46. The zero-order chi connectivity index (χ0) is 20.8. The summed E-state index contributed by atoms with van der Waals surface area (Å²) in [6.45, 7) is 2.29. The first-order valence-corrected chi connectivity index (χ1v) is 10.6. The quantitative estimate of drug-likeness (QED) is 0.311. The number of aromatic nitrogens is 3. The van der Waals surface area contributed by atoms with E-state index in [2.05, 4.69) is 27.3 Å². The summed E-state index contributed by atoms with van der Waals surface area (Å²) in [7, 11) is 0. The fourth-order valence-electron chi connectivity index (χ4n) is 2.96. The summed E-state index contributed by atoms with van der Waals surface area (Å²) < 4.78 is 5.77. The molecule has 0 atom stereocenters. The fourth-order valence-corrected chi connectivity index (χ4v) is 3.68. The van der Waals surface area contributed by atoms with Gasteiger partial charge < -0.3 is 4.74 Å². The lowest BCUT2D eigenvalue weighted by molar-refractivity contribution is 0.102. The van der Waals surface area contributed by atoms with Crippen molar-refractivity contribution in [1.29, 1.82) is 0 Å². The summed E-state index contributed by atoms with van der Waals surface area (Å²) in [6.07, 6.45) is 0. The zero-order valence-corrected chi connectivity index (χ0v) is 17.4. The van der Waals surface area contributed by atoms with Crippen molar-refractivity contribution < 1.29 is 9.53 Å². The van der Waals surface area contributed by atoms with Crippen LogP contribution in [0.2, 0.25) is 0 Å². The second-order valence-corrected chi connectivity index (χ2v) is 7.72. The molecule has 0 saturated heterocycles. The van der Waals surface area contributed by atoms with E-state index in [-0.39, 0.29) is 11.5 Å². The Morgan fingerprint density at radius 3 is 2.40 bits per heavy atom. The number of nitrogens with zero attached hydrogens (tertiary/aromatic N) is 2. The van der Waals surface area contributed by atoms with Crippen LogP contribution >= 0.6 is 11.8 Å². The van der Waals surface area contributed by atoms with Crippen LogP contribution < -0.4 is 4.74 Å². The summed E-state index contributed by atoms with van der Waals surface area (Å²) in [4.78, 5) is 16.9. The van der Waals surface area contributed by atoms with Crippen LogP contribution in [0.15, 0.2) is 84.0 Å². The largest absolute Gasteiger partial charge is 0.485 e. The summed E-state index contributed by atoms with van der Waals surface area (Å²) in [6, 6.07) is 25.6. The molecule has 0 aliphatic rings. The molecule has 0 amide bonds. The van der Waals surface area contributed by atoms with E-state index in [1.54, 1.807) is 0 Å². The molecule has 6 heteroatoms. The van der Waals surface area contributed by atoms with E-state index in [0.29, 0.717) is 23.2 Å². The lowest BCUT2D eigenvalue weighted by Crippen LogP contribution is -2.02. The summed E-state index contributed by atoms with van der Waals surface area (Å²) >= 11 is 1.31. The lowest BCUT2D eigenvalue weighted by Gasteiger charge is -2.06. The van der Waals surface area contributed by atoms with Crippen LogP contribution in [-0.2, 0) is 6.61 Å². The minimum Gasteiger partial charge on any atom is -0.485 e. The Morgan fingerprint density at radius 2 is 1.63 bits per heavy atom. The molecule has 30 heavy (non-hydrogen) atoms. The maximum atomic E-state index is 12.5. The van der Waals surface area contributed by atoms with Crippen molar-refractivity contribution in [1.82, 2.24) is 15.2 Å². The van der Waals surface area contributed by atoms with Crippen molar-refractivity contribution in [3.05, 3.63) is 95.8 Å². The van der Waals surface area contributed by atoms with Crippen LogP contribution in [-0.4, -0.2) is 26.7 Å². The van der Waals surface area contributed by atoms with E-state index in [1.807, 2.05) is 73.7 Å². The third-order valence-electron chi connectivity index (χ3n) is 4.62. The highest BCUT2D eigenvalue weighted by atomic mass is 32.2. The van der Waals surface area contributed by atoms with E-state index < -0.39 is 0 Å².